The first kappa shape index (κ1) is 23.7. The van der Waals surface area contributed by atoms with Gasteiger partial charge in [0.2, 0.25) is 15.9 Å². The van der Waals surface area contributed by atoms with Gasteiger partial charge in [-0.2, -0.15) is 0 Å². The lowest BCUT2D eigenvalue weighted by Crippen LogP contribution is -2.38. The molecule has 31 heavy (non-hydrogen) atoms. The molecule has 0 saturated heterocycles. The quantitative estimate of drug-likeness (QED) is 0.642. The van der Waals surface area contributed by atoms with Gasteiger partial charge < -0.3 is 4.90 Å². The highest BCUT2D eigenvalue weighted by Crippen LogP contribution is 2.30. The number of rotatable bonds is 8. The van der Waals surface area contributed by atoms with E-state index in [0.717, 1.165) is 42.7 Å². The molecule has 0 aliphatic carbocycles. The Morgan fingerprint density at radius 3 is 2.55 bits per heavy atom. The number of fused-ring (bicyclic) bond motifs is 1. The van der Waals surface area contributed by atoms with Gasteiger partial charge in [0.15, 0.2) is 0 Å². The Balaban J connectivity index is 1.85. The lowest BCUT2D eigenvalue weighted by molar-refractivity contribution is -0.116. The summed E-state index contributed by atoms with van der Waals surface area (Å²) in [5.41, 5.74) is 2.59. The molecule has 6 nitrogen and oxygen atoms in total. The number of likely N-dealkylation sites (N-methyl/N-ethyl adjacent to an activating group) is 1. The van der Waals surface area contributed by atoms with Crippen molar-refractivity contribution in [3.8, 4) is 0 Å². The van der Waals surface area contributed by atoms with E-state index in [1.165, 1.54) is 6.92 Å². The van der Waals surface area contributed by atoms with Crippen molar-refractivity contribution in [2.45, 2.75) is 44.6 Å². The molecule has 0 aromatic heterocycles. The second kappa shape index (κ2) is 10.1. The van der Waals surface area contributed by atoms with Crippen LogP contribution >= 0.6 is 11.6 Å². The van der Waals surface area contributed by atoms with Crippen LogP contribution in [0.1, 0.15) is 44.4 Å². The number of benzene rings is 2. The van der Waals surface area contributed by atoms with Crippen molar-refractivity contribution in [2.75, 3.05) is 31.1 Å². The van der Waals surface area contributed by atoms with E-state index >= 15 is 0 Å². The van der Waals surface area contributed by atoms with Crippen LogP contribution in [-0.4, -0.2) is 45.4 Å². The highest BCUT2D eigenvalue weighted by molar-refractivity contribution is 7.89. The predicted molar refractivity (Wildman–Crippen MR) is 125 cm³/mol. The molecule has 1 aliphatic heterocycles. The topological polar surface area (TPSA) is 69.7 Å². The standard InChI is InChI=1S/C23H30ClN3O3S/c1-4-26(5-2)23(20-10-6-7-11-21(20)24)16-25-31(29,30)19-12-13-22-18(15-19)9-8-14-27(22)17(3)28/h6-7,10-13,15,23,25H,4-5,8-9,14,16H2,1-3H3. The molecular weight excluding hydrogens is 434 g/mol. The Bertz CT molecular complexity index is 1040. The van der Waals surface area contributed by atoms with Gasteiger partial charge in [-0.3, -0.25) is 9.69 Å². The van der Waals surface area contributed by atoms with Crippen molar-refractivity contribution in [3.63, 3.8) is 0 Å². The van der Waals surface area contributed by atoms with E-state index in [0.29, 0.717) is 11.6 Å². The first-order valence-corrected chi connectivity index (χ1v) is 12.5. The molecule has 0 fully saturated rings. The lowest BCUT2D eigenvalue weighted by Gasteiger charge is -2.31. The summed E-state index contributed by atoms with van der Waals surface area (Å²) in [6, 6.07) is 12.4. The molecule has 1 N–H and O–H groups in total. The molecule has 3 rings (SSSR count). The molecule has 168 valence electrons. The monoisotopic (exact) mass is 463 g/mol. The van der Waals surface area contributed by atoms with Crippen LogP contribution in [-0.2, 0) is 21.2 Å². The maximum atomic E-state index is 13.1. The number of anilines is 1. The van der Waals surface area contributed by atoms with Gasteiger partial charge in [-0.1, -0.05) is 43.6 Å². The fourth-order valence-electron chi connectivity index (χ4n) is 4.19. The maximum Gasteiger partial charge on any atom is 0.240 e. The van der Waals surface area contributed by atoms with Gasteiger partial charge in [0.05, 0.1) is 4.90 Å². The van der Waals surface area contributed by atoms with Crippen LogP contribution in [0.15, 0.2) is 47.4 Å². The second-order valence-electron chi connectivity index (χ2n) is 7.68. The van der Waals surface area contributed by atoms with E-state index in [2.05, 4.69) is 9.62 Å². The van der Waals surface area contributed by atoms with E-state index < -0.39 is 10.0 Å². The minimum Gasteiger partial charge on any atom is -0.312 e. The molecule has 1 aliphatic rings. The lowest BCUT2D eigenvalue weighted by atomic mass is 10.0. The fourth-order valence-corrected chi connectivity index (χ4v) is 5.54. The largest absolute Gasteiger partial charge is 0.312 e. The Kier molecular flexibility index (Phi) is 7.75. The van der Waals surface area contributed by atoms with Crippen LogP contribution in [0.5, 0.6) is 0 Å². The fraction of sp³-hybridized carbons (Fsp3) is 0.435. The molecule has 2 aromatic carbocycles. The predicted octanol–water partition coefficient (Wildman–Crippen LogP) is 4.00. The van der Waals surface area contributed by atoms with Crippen molar-refractivity contribution in [1.29, 1.82) is 0 Å². The number of amides is 1. The highest BCUT2D eigenvalue weighted by atomic mass is 35.5. The number of carbonyl (C=O) groups is 1. The van der Waals surface area contributed by atoms with Gasteiger partial charge in [0.25, 0.3) is 0 Å². The van der Waals surface area contributed by atoms with Crippen molar-refractivity contribution < 1.29 is 13.2 Å². The third kappa shape index (κ3) is 5.29. The number of aryl methyl sites for hydroxylation is 1. The number of sulfonamides is 1. The summed E-state index contributed by atoms with van der Waals surface area (Å²) in [6.07, 6.45) is 1.57. The SMILES string of the molecule is CCN(CC)C(CNS(=O)(=O)c1ccc2c(c1)CCCN2C(C)=O)c1ccccc1Cl. The van der Waals surface area contributed by atoms with Crippen LogP contribution in [0, 0.1) is 0 Å². The molecule has 0 bridgehead atoms. The van der Waals surface area contributed by atoms with Crippen LogP contribution < -0.4 is 9.62 Å². The van der Waals surface area contributed by atoms with Gasteiger partial charge in [0.1, 0.15) is 0 Å². The Labute approximate surface area is 190 Å². The average Bonchev–Trinajstić information content (AvgIpc) is 2.76. The van der Waals surface area contributed by atoms with Crippen molar-refractivity contribution in [2.24, 2.45) is 0 Å². The van der Waals surface area contributed by atoms with Gasteiger partial charge in [-0.05, 0) is 61.3 Å². The highest BCUT2D eigenvalue weighted by Gasteiger charge is 2.26. The first-order chi connectivity index (χ1) is 14.8. The molecule has 0 radical (unpaired) electrons. The molecule has 1 heterocycles. The van der Waals surface area contributed by atoms with E-state index in [1.807, 2.05) is 38.1 Å². The molecule has 1 unspecified atom stereocenters. The zero-order valence-corrected chi connectivity index (χ0v) is 19.8. The van der Waals surface area contributed by atoms with Gasteiger partial charge in [0, 0.05) is 36.8 Å². The summed E-state index contributed by atoms with van der Waals surface area (Å²) in [6.45, 7) is 8.05. The normalized spacial score (nSPS) is 15.1. The van der Waals surface area contributed by atoms with Gasteiger partial charge in [-0.25, -0.2) is 13.1 Å². The average molecular weight is 464 g/mol. The van der Waals surface area contributed by atoms with E-state index in [4.69, 9.17) is 11.6 Å². The number of nitrogens with one attached hydrogen (secondary N) is 1. The number of carbonyl (C=O) groups excluding carboxylic acids is 1. The molecule has 0 saturated carbocycles. The third-order valence-corrected chi connectivity index (χ3v) is 7.61. The molecule has 1 atom stereocenters. The van der Waals surface area contributed by atoms with Crippen LogP contribution in [0.4, 0.5) is 5.69 Å². The Hall–Kier alpha value is -1.93. The summed E-state index contributed by atoms with van der Waals surface area (Å²) in [7, 11) is -3.72. The number of nitrogens with zero attached hydrogens (tertiary/aromatic N) is 2. The molecule has 2 aromatic rings. The van der Waals surface area contributed by atoms with Crippen molar-refractivity contribution >= 4 is 33.2 Å². The van der Waals surface area contributed by atoms with Crippen LogP contribution in [0.3, 0.4) is 0 Å². The molecular formula is C23H30ClN3O3S. The smallest absolute Gasteiger partial charge is 0.240 e. The summed E-state index contributed by atoms with van der Waals surface area (Å²) in [5.74, 6) is -0.0310. The number of halogens is 1. The first-order valence-electron chi connectivity index (χ1n) is 10.7. The second-order valence-corrected chi connectivity index (χ2v) is 9.85. The zero-order valence-electron chi connectivity index (χ0n) is 18.3. The Morgan fingerprint density at radius 2 is 1.90 bits per heavy atom. The summed E-state index contributed by atoms with van der Waals surface area (Å²) in [4.78, 5) is 16.0. The van der Waals surface area contributed by atoms with Crippen LogP contribution in [0.2, 0.25) is 5.02 Å². The summed E-state index contributed by atoms with van der Waals surface area (Å²) in [5, 5.41) is 0.622. The minimum absolute atomic E-state index is 0.0310. The van der Waals surface area contributed by atoms with E-state index in [9.17, 15) is 13.2 Å². The number of hydrogen-bond donors (Lipinski definition) is 1. The van der Waals surface area contributed by atoms with E-state index in [-0.39, 0.29) is 23.4 Å². The van der Waals surface area contributed by atoms with Gasteiger partial charge >= 0.3 is 0 Å². The maximum absolute atomic E-state index is 13.1. The van der Waals surface area contributed by atoms with Gasteiger partial charge in [-0.15, -0.1) is 0 Å². The third-order valence-electron chi connectivity index (χ3n) is 5.84. The van der Waals surface area contributed by atoms with E-state index in [1.54, 1.807) is 23.1 Å². The van der Waals surface area contributed by atoms with Crippen molar-refractivity contribution in [1.82, 2.24) is 9.62 Å². The van der Waals surface area contributed by atoms with Crippen LogP contribution in [0.25, 0.3) is 0 Å². The Morgan fingerprint density at radius 1 is 1.19 bits per heavy atom. The molecule has 1 amide bonds. The molecule has 0 spiro atoms. The molecule has 8 heteroatoms. The summed E-state index contributed by atoms with van der Waals surface area (Å²) < 4.78 is 29.0. The van der Waals surface area contributed by atoms with Crippen molar-refractivity contribution in [3.05, 3.63) is 58.6 Å². The summed E-state index contributed by atoms with van der Waals surface area (Å²) >= 11 is 6.43. The minimum atomic E-state index is -3.72. The number of hydrogen-bond acceptors (Lipinski definition) is 4. The zero-order chi connectivity index (χ0) is 22.6.